The number of amides is 1. The Hall–Kier alpha value is -2.32. The second kappa shape index (κ2) is 9.44. The average Bonchev–Trinajstić information content (AvgIpc) is 3.43. The van der Waals surface area contributed by atoms with Gasteiger partial charge >= 0.3 is 0 Å². The van der Waals surface area contributed by atoms with E-state index in [1.807, 2.05) is 10.8 Å². The number of rotatable bonds is 7. The van der Waals surface area contributed by atoms with Crippen molar-refractivity contribution in [2.45, 2.75) is 13.0 Å². The number of fused-ring (bicyclic) bond motifs is 1. The molecule has 0 saturated heterocycles. The number of benzene rings is 2. The number of thiazole rings is 1. The molecule has 31 heavy (non-hydrogen) atoms. The van der Waals surface area contributed by atoms with Gasteiger partial charge in [0, 0.05) is 30.5 Å². The average molecular weight is 496 g/mol. The summed E-state index contributed by atoms with van der Waals surface area (Å²) in [5.41, 5.74) is 0.925. The predicted molar refractivity (Wildman–Crippen MR) is 126 cm³/mol. The molecule has 160 valence electrons. The lowest BCUT2D eigenvalue weighted by Crippen LogP contribution is -2.32. The molecule has 0 aliphatic rings. The maximum atomic E-state index is 13.5. The van der Waals surface area contributed by atoms with Gasteiger partial charge in [-0.2, -0.15) is 0 Å². The number of nitrogens with zero attached hydrogens (tertiary/aromatic N) is 4. The predicted octanol–water partition coefficient (Wildman–Crippen LogP) is 6.20. The molecule has 10 heteroatoms. The van der Waals surface area contributed by atoms with Crippen LogP contribution in [0.25, 0.3) is 10.2 Å². The quantitative estimate of drug-likeness (QED) is 0.306. The largest absolute Gasteiger partial charge is 0.494 e. The van der Waals surface area contributed by atoms with Crippen LogP contribution in [0.3, 0.4) is 0 Å². The summed E-state index contributed by atoms with van der Waals surface area (Å²) in [7, 11) is 1.57. The van der Waals surface area contributed by atoms with Crippen molar-refractivity contribution in [2.75, 3.05) is 18.6 Å². The van der Waals surface area contributed by atoms with Gasteiger partial charge in [-0.25, -0.2) is 9.97 Å². The molecule has 4 rings (SSSR count). The zero-order chi connectivity index (χ0) is 22.0. The van der Waals surface area contributed by atoms with Crippen molar-refractivity contribution in [1.29, 1.82) is 0 Å². The molecule has 4 aromatic rings. The van der Waals surface area contributed by atoms with E-state index in [4.69, 9.17) is 39.5 Å². The van der Waals surface area contributed by atoms with E-state index < -0.39 is 0 Å². The second-order valence-electron chi connectivity index (χ2n) is 6.66. The number of imidazole rings is 1. The fourth-order valence-electron chi connectivity index (χ4n) is 3.14. The van der Waals surface area contributed by atoms with Crippen molar-refractivity contribution in [3.63, 3.8) is 0 Å². The fraction of sp³-hybridized carbons (Fsp3) is 0.190. The van der Waals surface area contributed by atoms with E-state index in [1.165, 1.54) is 11.3 Å². The SMILES string of the molecule is COc1ccc(Cl)c2sc(N(CCCn3ccnc3)C(=O)c3cc(Cl)ccc3Cl)nc12. The van der Waals surface area contributed by atoms with Gasteiger partial charge in [0.1, 0.15) is 11.3 Å². The molecule has 0 aliphatic carbocycles. The summed E-state index contributed by atoms with van der Waals surface area (Å²) in [4.78, 5) is 23.8. The number of halogens is 3. The van der Waals surface area contributed by atoms with Crippen molar-refractivity contribution < 1.29 is 9.53 Å². The summed E-state index contributed by atoms with van der Waals surface area (Å²) in [5.74, 6) is 0.306. The maximum Gasteiger partial charge on any atom is 0.261 e. The van der Waals surface area contributed by atoms with Crippen molar-refractivity contribution in [2.24, 2.45) is 0 Å². The number of ether oxygens (including phenoxy) is 1. The maximum absolute atomic E-state index is 13.5. The number of aromatic nitrogens is 3. The number of aryl methyl sites for hydroxylation is 1. The first-order chi connectivity index (χ1) is 15.0. The standard InChI is InChI=1S/C21H17Cl3N4O2S/c1-30-17-6-5-16(24)19-18(17)26-21(31-19)28(9-2-8-27-10-7-25-12-27)20(29)14-11-13(22)3-4-15(14)23/h3-7,10-12H,2,8-9H2,1H3. The van der Waals surface area contributed by atoms with Crippen molar-refractivity contribution >= 4 is 67.4 Å². The molecule has 0 N–H and O–H groups in total. The number of anilines is 1. The first kappa shape index (κ1) is 21.9. The van der Waals surface area contributed by atoms with Crippen LogP contribution in [0.15, 0.2) is 49.1 Å². The lowest BCUT2D eigenvalue weighted by molar-refractivity contribution is 0.0986. The van der Waals surface area contributed by atoms with Gasteiger partial charge in [0.05, 0.1) is 33.7 Å². The van der Waals surface area contributed by atoms with Crippen LogP contribution < -0.4 is 9.64 Å². The molecule has 2 heterocycles. The van der Waals surface area contributed by atoms with Gasteiger partial charge in [-0.3, -0.25) is 9.69 Å². The monoisotopic (exact) mass is 494 g/mol. The van der Waals surface area contributed by atoms with E-state index in [-0.39, 0.29) is 5.91 Å². The van der Waals surface area contributed by atoms with Crippen LogP contribution in [-0.4, -0.2) is 34.1 Å². The van der Waals surface area contributed by atoms with E-state index in [1.54, 1.807) is 54.9 Å². The molecular weight excluding hydrogens is 479 g/mol. The molecule has 0 bridgehead atoms. The molecule has 6 nitrogen and oxygen atoms in total. The third-order valence-corrected chi connectivity index (χ3v) is 6.76. The fourth-order valence-corrected chi connectivity index (χ4v) is 4.79. The summed E-state index contributed by atoms with van der Waals surface area (Å²) in [6, 6.07) is 8.33. The smallest absolute Gasteiger partial charge is 0.261 e. The summed E-state index contributed by atoms with van der Waals surface area (Å²) >= 11 is 20.1. The summed E-state index contributed by atoms with van der Waals surface area (Å²) in [5, 5.41) is 1.81. The summed E-state index contributed by atoms with van der Waals surface area (Å²) in [6.07, 6.45) is 6.02. The van der Waals surface area contributed by atoms with Gasteiger partial charge in [-0.15, -0.1) is 0 Å². The molecule has 0 radical (unpaired) electrons. The van der Waals surface area contributed by atoms with Crippen molar-refractivity contribution in [1.82, 2.24) is 14.5 Å². The van der Waals surface area contributed by atoms with Gasteiger partial charge in [-0.1, -0.05) is 46.1 Å². The van der Waals surface area contributed by atoms with Crippen LogP contribution in [0.2, 0.25) is 15.1 Å². The first-order valence-corrected chi connectivity index (χ1v) is 11.3. The number of carbonyl (C=O) groups is 1. The van der Waals surface area contributed by atoms with Crippen LogP contribution in [0.5, 0.6) is 5.75 Å². The molecule has 0 unspecified atom stereocenters. The van der Waals surface area contributed by atoms with E-state index in [9.17, 15) is 4.79 Å². The molecule has 0 saturated carbocycles. The Morgan fingerprint density at radius 1 is 1.19 bits per heavy atom. The number of methoxy groups -OCH3 is 1. The van der Waals surface area contributed by atoms with Gasteiger partial charge in [0.15, 0.2) is 5.13 Å². The highest BCUT2D eigenvalue weighted by atomic mass is 35.5. The first-order valence-electron chi connectivity index (χ1n) is 9.33. The Morgan fingerprint density at radius 3 is 2.74 bits per heavy atom. The van der Waals surface area contributed by atoms with E-state index in [0.29, 0.717) is 56.5 Å². The lowest BCUT2D eigenvalue weighted by Gasteiger charge is -2.21. The Kier molecular flexibility index (Phi) is 6.67. The Labute approximate surface area is 197 Å². The lowest BCUT2D eigenvalue weighted by atomic mass is 10.2. The zero-order valence-corrected chi connectivity index (χ0v) is 19.5. The summed E-state index contributed by atoms with van der Waals surface area (Å²) < 4.78 is 8.12. The Morgan fingerprint density at radius 2 is 2.00 bits per heavy atom. The van der Waals surface area contributed by atoms with Crippen LogP contribution in [-0.2, 0) is 6.54 Å². The van der Waals surface area contributed by atoms with Gasteiger partial charge in [-0.05, 0) is 36.8 Å². The topological polar surface area (TPSA) is 60.2 Å². The van der Waals surface area contributed by atoms with E-state index >= 15 is 0 Å². The minimum Gasteiger partial charge on any atom is -0.494 e. The Bertz CT molecular complexity index is 1230. The number of hydrogen-bond donors (Lipinski definition) is 0. The highest BCUT2D eigenvalue weighted by Gasteiger charge is 2.24. The molecular formula is C21H17Cl3N4O2S. The van der Waals surface area contributed by atoms with E-state index in [0.717, 1.165) is 4.70 Å². The van der Waals surface area contributed by atoms with Crippen molar-refractivity contribution in [3.8, 4) is 5.75 Å². The normalized spacial score (nSPS) is 11.1. The highest BCUT2D eigenvalue weighted by Crippen LogP contribution is 2.39. The summed E-state index contributed by atoms with van der Waals surface area (Å²) in [6.45, 7) is 1.11. The molecule has 2 aromatic carbocycles. The molecule has 2 aromatic heterocycles. The minimum atomic E-state index is -0.285. The molecule has 1 amide bonds. The zero-order valence-electron chi connectivity index (χ0n) is 16.4. The minimum absolute atomic E-state index is 0.285. The van der Waals surface area contributed by atoms with Gasteiger partial charge < -0.3 is 9.30 Å². The molecule has 0 fully saturated rings. The molecule has 0 atom stereocenters. The van der Waals surface area contributed by atoms with Crippen LogP contribution in [0, 0.1) is 0 Å². The van der Waals surface area contributed by atoms with E-state index in [2.05, 4.69) is 9.97 Å². The van der Waals surface area contributed by atoms with Crippen LogP contribution >= 0.6 is 46.1 Å². The highest BCUT2D eigenvalue weighted by molar-refractivity contribution is 7.23. The number of carbonyl (C=O) groups excluding carboxylic acids is 1. The third kappa shape index (κ3) is 4.65. The van der Waals surface area contributed by atoms with Crippen LogP contribution in [0.1, 0.15) is 16.8 Å². The third-order valence-electron chi connectivity index (χ3n) is 4.66. The van der Waals surface area contributed by atoms with Gasteiger partial charge in [0.2, 0.25) is 0 Å². The number of hydrogen-bond acceptors (Lipinski definition) is 5. The van der Waals surface area contributed by atoms with Crippen molar-refractivity contribution in [3.05, 3.63) is 69.7 Å². The van der Waals surface area contributed by atoms with Crippen LogP contribution in [0.4, 0.5) is 5.13 Å². The molecule has 0 spiro atoms. The molecule has 0 aliphatic heterocycles. The second-order valence-corrected chi connectivity index (χ2v) is 8.89. The Balaban J connectivity index is 1.72. The van der Waals surface area contributed by atoms with Gasteiger partial charge in [0.25, 0.3) is 5.91 Å².